The molecular formula is C24H21F2NO5. The molecule has 1 aliphatic carbocycles. The summed E-state index contributed by atoms with van der Waals surface area (Å²) >= 11 is 0. The van der Waals surface area contributed by atoms with Gasteiger partial charge in [-0.05, 0) is 56.2 Å². The van der Waals surface area contributed by atoms with Gasteiger partial charge in [-0.25, -0.2) is 13.6 Å². The van der Waals surface area contributed by atoms with Crippen molar-refractivity contribution >= 4 is 23.6 Å². The van der Waals surface area contributed by atoms with Gasteiger partial charge in [-0.2, -0.15) is 0 Å². The Kier molecular flexibility index (Phi) is 5.86. The van der Waals surface area contributed by atoms with Crippen LogP contribution in [0.3, 0.4) is 0 Å². The van der Waals surface area contributed by atoms with E-state index in [1.165, 1.54) is 30.0 Å². The van der Waals surface area contributed by atoms with Gasteiger partial charge in [0.1, 0.15) is 0 Å². The van der Waals surface area contributed by atoms with Crippen molar-refractivity contribution in [3.8, 4) is 0 Å². The number of halogens is 2. The minimum atomic E-state index is -1.27. The van der Waals surface area contributed by atoms with E-state index >= 15 is 0 Å². The molecule has 2 amide bonds. The maximum absolute atomic E-state index is 13.4. The van der Waals surface area contributed by atoms with Crippen LogP contribution < -0.4 is 0 Å². The predicted octanol–water partition coefficient (Wildman–Crippen LogP) is 4.32. The van der Waals surface area contributed by atoms with Crippen LogP contribution in [0.2, 0.25) is 0 Å². The number of amides is 2. The van der Waals surface area contributed by atoms with Crippen LogP contribution in [0.4, 0.5) is 8.78 Å². The average Bonchev–Trinajstić information content (AvgIpc) is 3.05. The molecule has 0 N–H and O–H groups in total. The van der Waals surface area contributed by atoms with Crippen LogP contribution >= 0.6 is 0 Å². The number of esters is 1. The number of carbonyl (C=O) groups is 4. The quantitative estimate of drug-likeness (QED) is 0.392. The van der Waals surface area contributed by atoms with Crippen molar-refractivity contribution in [2.45, 2.75) is 51.2 Å². The van der Waals surface area contributed by atoms with Crippen molar-refractivity contribution in [2.75, 3.05) is 0 Å². The second-order valence-corrected chi connectivity index (χ2v) is 8.07. The molecule has 0 radical (unpaired) electrons. The van der Waals surface area contributed by atoms with Gasteiger partial charge in [-0.3, -0.25) is 19.3 Å². The molecule has 2 aromatic carbocycles. The van der Waals surface area contributed by atoms with Crippen LogP contribution in [0.1, 0.15) is 80.5 Å². The fraction of sp³-hybridized carbons (Fsp3) is 0.333. The molecular weight excluding hydrogens is 420 g/mol. The normalized spacial score (nSPS) is 17.3. The minimum Gasteiger partial charge on any atom is -0.451 e. The van der Waals surface area contributed by atoms with Crippen molar-refractivity contribution in [1.29, 1.82) is 0 Å². The van der Waals surface area contributed by atoms with E-state index in [9.17, 15) is 28.0 Å². The number of imide groups is 1. The molecule has 0 aromatic heterocycles. The van der Waals surface area contributed by atoms with Gasteiger partial charge in [-0.15, -0.1) is 0 Å². The summed E-state index contributed by atoms with van der Waals surface area (Å²) in [5.41, 5.74) is 0.250. The number of carbonyl (C=O) groups excluding carboxylic acids is 4. The Balaban J connectivity index is 1.49. The Bertz CT molecular complexity index is 1120. The second kappa shape index (κ2) is 8.61. The Morgan fingerprint density at radius 1 is 0.906 bits per heavy atom. The summed E-state index contributed by atoms with van der Waals surface area (Å²) in [6, 6.07) is 6.60. The maximum Gasteiger partial charge on any atom is 0.338 e. The summed E-state index contributed by atoms with van der Waals surface area (Å²) in [5.74, 6) is -4.64. The number of hydrogen-bond donors (Lipinski definition) is 0. The lowest BCUT2D eigenvalue weighted by Gasteiger charge is -2.29. The summed E-state index contributed by atoms with van der Waals surface area (Å²) in [5, 5.41) is 0. The first-order valence-electron chi connectivity index (χ1n) is 10.5. The molecule has 32 heavy (non-hydrogen) atoms. The number of fused-ring (bicyclic) bond motifs is 1. The topological polar surface area (TPSA) is 80.8 Å². The van der Waals surface area contributed by atoms with E-state index < -0.39 is 35.4 Å². The lowest BCUT2D eigenvalue weighted by molar-refractivity contribution is 0.0318. The number of nitrogens with zero attached hydrogens (tertiary/aromatic N) is 1. The molecule has 1 saturated carbocycles. The van der Waals surface area contributed by atoms with Crippen molar-refractivity contribution < 1.29 is 32.7 Å². The van der Waals surface area contributed by atoms with Crippen LogP contribution in [0.5, 0.6) is 0 Å². The summed E-state index contributed by atoms with van der Waals surface area (Å²) in [6.45, 7) is 1.31. The number of Topliss-reactive ketones (excluding diaryl/α,β-unsaturated/α-hetero) is 1. The van der Waals surface area contributed by atoms with Gasteiger partial charge in [0.05, 0.1) is 16.7 Å². The zero-order valence-corrected chi connectivity index (χ0v) is 17.4. The molecule has 0 saturated heterocycles. The third-order valence-electron chi connectivity index (χ3n) is 5.95. The number of rotatable bonds is 5. The van der Waals surface area contributed by atoms with Gasteiger partial charge in [0.15, 0.2) is 17.7 Å². The zero-order valence-electron chi connectivity index (χ0n) is 17.4. The summed E-state index contributed by atoms with van der Waals surface area (Å²) in [4.78, 5) is 51.9. The number of benzene rings is 2. The van der Waals surface area contributed by atoms with E-state index in [0.717, 1.165) is 50.3 Å². The van der Waals surface area contributed by atoms with Crippen molar-refractivity contribution in [3.05, 3.63) is 70.3 Å². The van der Waals surface area contributed by atoms with E-state index in [1.807, 2.05) is 0 Å². The number of ether oxygens (including phenoxy) is 1. The Morgan fingerprint density at radius 3 is 2.25 bits per heavy atom. The lowest BCUT2D eigenvalue weighted by atomic mass is 9.94. The van der Waals surface area contributed by atoms with Crippen LogP contribution in [-0.4, -0.2) is 40.6 Å². The molecule has 1 aliphatic heterocycles. The highest BCUT2D eigenvalue weighted by Gasteiger charge is 2.40. The molecule has 1 fully saturated rings. The van der Waals surface area contributed by atoms with Gasteiger partial charge < -0.3 is 4.74 Å². The van der Waals surface area contributed by atoms with Gasteiger partial charge >= 0.3 is 5.97 Å². The SMILES string of the molecule is CC(OC(=O)c1ccc2c(c1)C(=O)N(C1CCCCC1)C2=O)C(=O)c1ccc(F)c(F)c1. The van der Waals surface area contributed by atoms with Crippen molar-refractivity contribution in [3.63, 3.8) is 0 Å². The molecule has 2 aliphatic rings. The van der Waals surface area contributed by atoms with Crippen LogP contribution in [0, 0.1) is 11.6 Å². The highest BCUT2D eigenvalue weighted by molar-refractivity contribution is 6.22. The molecule has 2 aromatic rings. The fourth-order valence-corrected chi connectivity index (χ4v) is 4.22. The van der Waals surface area contributed by atoms with Gasteiger partial charge in [0, 0.05) is 11.6 Å². The van der Waals surface area contributed by atoms with E-state index in [0.29, 0.717) is 0 Å². The molecule has 4 rings (SSSR count). The molecule has 166 valence electrons. The van der Waals surface area contributed by atoms with Crippen molar-refractivity contribution in [2.24, 2.45) is 0 Å². The third kappa shape index (κ3) is 3.92. The molecule has 0 bridgehead atoms. The Labute approximate surface area is 183 Å². The van der Waals surface area contributed by atoms with Gasteiger partial charge in [-0.1, -0.05) is 19.3 Å². The van der Waals surface area contributed by atoms with Crippen LogP contribution in [-0.2, 0) is 4.74 Å². The van der Waals surface area contributed by atoms with E-state index in [1.54, 1.807) is 0 Å². The Hall–Kier alpha value is -3.42. The molecule has 8 heteroatoms. The molecule has 1 atom stereocenters. The first-order valence-corrected chi connectivity index (χ1v) is 10.5. The standard InChI is InChI=1S/C24H21F2NO5/c1-13(21(28)14-8-10-19(25)20(26)12-14)32-24(31)15-7-9-17-18(11-15)23(30)27(22(17)29)16-5-3-2-4-6-16/h7-13,16H,2-6H2,1H3. The molecule has 0 spiro atoms. The monoisotopic (exact) mass is 441 g/mol. The highest BCUT2D eigenvalue weighted by Crippen LogP contribution is 2.31. The van der Waals surface area contributed by atoms with Crippen LogP contribution in [0.15, 0.2) is 36.4 Å². The number of ketones is 1. The fourth-order valence-electron chi connectivity index (χ4n) is 4.22. The molecule has 1 heterocycles. The largest absolute Gasteiger partial charge is 0.451 e. The minimum absolute atomic E-state index is 0.0142. The molecule has 6 nitrogen and oxygen atoms in total. The van der Waals surface area contributed by atoms with E-state index in [2.05, 4.69) is 0 Å². The molecule has 1 unspecified atom stereocenters. The summed E-state index contributed by atoms with van der Waals surface area (Å²) < 4.78 is 31.6. The predicted molar refractivity (Wildman–Crippen MR) is 109 cm³/mol. The van der Waals surface area contributed by atoms with Gasteiger partial charge in [0.2, 0.25) is 5.78 Å². The average molecular weight is 441 g/mol. The second-order valence-electron chi connectivity index (χ2n) is 8.07. The number of hydrogen-bond acceptors (Lipinski definition) is 5. The smallest absolute Gasteiger partial charge is 0.338 e. The lowest BCUT2D eigenvalue weighted by Crippen LogP contribution is -2.40. The van der Waals surface area contributed by atoms with Gasteiger partial charge in [0.25, 0.3) is 11.8 Å². The van der Waals surface area contributed by atoms with E-state index in [4.69, 9.17) is 4.74 Å². The maximum atomic E-state index is 13.4. The summed E-state index contributed by atoms with van der Waals surface area (Å²) in [7, 11) is 0. The van der Waals surface area contributed by atoms with E-state index in [-0.39, 0.29) is 34.2 Å². The highest BCUT2D eigenvalue weighted by atomic mass is 19.2. The zero-order chi connectivity index (χ0) is 23.0. The van der Waals surface area contributed by atoms with Crippen molar-refractivity contribution in [1.82, 2.24) is 4.90 Å². The first-order chi connectivity index (χ1) is 15.3. The first kappa shape index (κ1) is 21.8. The summed E-state index contributed by atoms with van der Waals surface area (Å²) in [6.07, 6.45) is 3.26. The third-order valence-corrected chi connectivity index (χ3v) is 5.95. The Morgan fingerprint density at radius 2 is 1.56 bits per heavy atom. The van der Waals surface area contributed by atoms with Crippen LogP contribution in [0.25, 0.3) is 0 Å².